The molecule has 0 fully saturated rings. The summed E-state index contributed by atoms with van der Waals surface area (Å²) in [5.41, 5.74) is 0. The summed E-state index contributed by atoms with van der Waals surface area (Å²) in [7, 11) is 0. The molecule has 0 unspecified atom stereocenters. The molecule has 0 aromatic heterocycles. The van der Waals surface area contributed by atoms with Crippen LogP contribution in [-0.2, 0) is 9.59 Å². The van der Waals surface area contributed by atoms with Crippen LogP contribution in [0.4, 0.5) is 0 Å². The van der Waals surface area contributed by atoms with Crippen LogP contribution in [0.15, 0.2) is 24.3 Å². The van der Waals surface area contributed by atoms with Gasteiger partial charge in [-0.25, -0.2) is 0 Å². The zero-order valence-corrected chi connectivity index (χ0v) is 13.4. The number of unbranched alkanes of at least 4 members (excludes halogenated alkanes) is 6. The Labute approximate surface area is 129 Å². The minimum Gasteiger partial charge on any atom is -0.481 e. The average molecular weight is 294 g/mol. The molecule has 0 bridgehead atoms. The summed E-state index contributed by atoms with van der Waals surface area (Å²) in [5.74, 6) is -0.535. The highest BCUT2D eigenvalue weighted by atomic mass is 16.4. The maximum Gasteiger partial charge on any atom is 0.303 e. The molecular weight excluding hydrogens is 264 g/mol. The molecule has 0 spiro atoms. The van der Waals surface area contributed by atoms with Gasteiger partial charge < -0.3 is 5.11 Å². The van der Waals surface area contributed by atoms with Gasteiger partial charge in [0.25, 0.3) is 0 Å². The number of carbonyl (C=O) groups excluding carboxylic acids is 1. The van der Waals surface area contributed by atoms with Crippen LogP contribution in [0.1, 0.15) is 77.6 Å². The predicted octanol–water partition coefficient (Wildman–Crippen LogP) is 5.06. The highest BCUT2D eigenvalue weighted by Crippen LogP contribution is 2.04. The van der Waals surface area contributed by atoms with Crippen molar-refractivity contribution in [3.8, 4) is 0 Å². The third kappa shape index (κ3) is 16.6. The van der Waals surface area contributed by atoms with Crippen molar-refractivity contribution in [2.75, 3.05) is 0 Å². The van der Waals surface area contributed by atoms with Crippen molar-refractivity contribution in [3.05, 3.63) is 24.3 Å². The number of carboxylic acid groups (broad SMARTS) is 1. The van der Waals surface area contributed by atoms with Crippen LogP contribution in [0.3, 0.4) is 0 Å². The molecular formula is C18H30O3. The van der Waals surface area contributed by atoms with Gasteiger partial charge in [0, 0.05) is 12.8 Å². The van der Waals surface area contributed by atoms with E-state index in [0.717, 1.165) is 32.1 Å². The van der Waals surface area contributed by atoms with Crippen LogP contribution in [0.2, 0.25) is 0 Å². The standard InChI is InChI=1S/C18H30O3/c1-2-3-4-5-8-11-14-17(19)15-12-9-6-7-10-13-16-18(20)21/h6,9,11,14H,2-5,7-8,10,12-13,15-16H2,1H3,(H,20,21)/b9-6-,14-11+. The Balaban J connectivity index is 3.43. The summed E-state index contributed by atoms with van der Waals surface area (Å²) in [6.45, 7) is 2.19. The van der Waals surface area contributed by atoms with E-state index in [0.29, 0.717) is 6.42 Å². The van der Waals surface area contributed by atoms with Gasteiger partial charge in [-0.05, 0) is 44.6 Å². The minimum atomic E-state index is -0.731. The molecule has 0 aliphatic carbocycles. The fraction of sp³-hybridized carbons (Fsp3) is 0.667. The van der Waals surface area contributed by atoms with Crippen LogP contribution >= 0.6 is 0 Å². The Bertz CT molecular complexity index is 329. The zero-order valence-electron chi connectivity index (χ0n) is 13.4. The third-order valence-corrected chi connectivity index (χ3v) is 3.26. The van der Waals surface area contributed by atoms with E-state index < -0.39 is 5.97 Å². The second-order valence-electron chi connectivity index (χ2n) is 5.37. The average Bonchev–Trinajstić information content (AvgIpc) is 2.45. The van der Waals surface area contributed by atoms with Gasteiger partial charge in [0.05, 0.1) is 0 Å². The Morgan fingerprint density at radius 3 is 2.19 bits per heavy atom. The lowest BCUT2D eigenvalue weighted by Crippen LogP contribution is -1.93. The molecule has 21 heavy (non-hydrogen) atoms. The number of carboxylic acids is 1. The van der Waals surface area contributed by atoms with E-state index in [1.54, 1.807) is 6.08 Å². The Morgan fingerprint density at radius 2 is 1.48 bits per heavy atom. The maximum atomic E-state index is 11.6. The van der Waals surface area contributed by atoms with Gasteiger partial charge in [0.15, 0.2) is 5.78 Å². The Hall–Kier alpha value is -1.38. The summed E-state index contributed by atoms with van der Waals surface area (Å²) >= 11 is 0. The van der Waals surface area contributed by atoms with Crippen molar-refractivity contribution in [1.29, 1.82) is 0 Å². The monoisotopic (exact) mass is 294 g/mol. The molecule has 3 heteroatoms. The topological polar surface area (TPSA) is 54.4 Å². The highest BCUT2D eigenvalue weighted by molar-refractivity contribution is 5.89. The van der Waals surface area contributed by atoms with Crippen LogP contribution in [0, 0.1) is 0 Å². The van der Waals surface area contributed by atoms with Crippen LogP contribution in [0.5, 0.6) is 0 Å². The Kier molecular flexibility index (Phi) is 14.0. The van der Waals surface area contributed by atoms with E-state index in [1.807, 2.05) is 18.2 Å². The zero-order chi connectivity index (χ0) is 15.8. The number of hydrogen-bond donors (Lipinski definition) is 1. The van der Waals surface area contributed by atoms with Crippen molar-refractivity contribution in [1.82, 2.24) is 0 Å². The fourth-order valence-corrected chi connectivity index (χ4v) is 1.99. The van der Waals surface area contributed by atoms with E-state index in [2.05, 4.69) is 6.92 Å². The quantitative estimate of drug-likeness (QED) is 0.277. The largest absolute Gasteiger partial charge is 0.481 e. The SMILES string of the molecule is CCCCCC/C=C/C(=O)CC/C=C\CCCCC(=O)O. The molecule has 1 N–H and O–H groups in total. The lowest BCUT2D eigenvalue weighted by atomic mass is 10.1. The maximum absolute atomic E-state index is 11.6. The second kappa shape index (κ2) is 15.0. The van der Waals surface area contributed by atoms with Gasteiger partial charge in [-0.1, -0.05) is 44.4 Å². The third-order valence-electron chi connectivity index (χ3n) is 3.26. The van der Waals surface area contributed by atoms with E-state index >= 15 is 0 Å². The summed E-state index contributed by atoms with van der Waals surface area (Å²) in [6, 6.07) is 0. The predicted molar refractivity (Wildman–Crippen MR) is 87.4 cm³/mol. The number of ketones is 1. The molecule has 0 saturated carbocycles. The van der Waals surface area contributed by atoms with Gasteiger partial charge in [-0.2, -0.15) is 0 Å². The van der Waals surface area contributed by atoms with Crippen LogP contribution < -0.4 is 0 Å². The first-order chi connectivity index (χ1) is 10.2. The van der Waals surface area contributed by atoms with Gasteiger partial charge in [-0.3, -0.25) is 9.59 Å². The number of allylic oxidation sites excluding steroid dienone is 4. The first kappa shape index (κ1) is 19.6. The first-order valence-electron chi connectivity index (χ1n) is 8.23. The summed E-state index contributed by atoms with van der Waals surface area (Å²) in [6.07, 6.45) is 17.8. The number of rotatable bonds is 14. The van der Waals surface area contributed by atoms with Gasteiger partial charge >= 0.3 is 5.97 Å². The Morgan fingerprint density at radius 1 is 0.810 bits per heavy atom. The summed E-state index contributed by atoms with van der Waals surface area (Å²) in [4.78, 5) is 21.9. The lowest BCUT2D eigenvalue weighted by Gasteiger charge is -1.95. The molecule has 0 aliphatic rings. The van der Waals surface area contributed by atoms with Crippen LogP contribution in [0.25, 0.3) is 0 Å². The molecule has 0 amide bonds. The second-order valence-corrected chi connectivity index (χ2v) is 5.37. The highest BCUT2D eigenvalue weighted by Gasteiger charge is 1.95. The smallest absolute Gasteiger partial charge is 0.303 e. The molecule has 3 nitrogen and oxygen atoms in total. The van der Waals surface area contributed by atoms with Crippen molar-refractivity contribution in [3.63, 3.8) is 0 Å². The van der Waals surface area contributed by atoms with Crippen molar-refractivity contribution < 1.29 is 14.7 Å². The van der Waals surface area contributed by atoms with Gasteiger partial charge in [0.2, 0.25) is 0 Å². The van der Waals surface area contributed by atoms with E-state index in [-0.39, 0.29) is 12.2 Å². The summed E-state index contributed by atoms with van der Waals surface area (Å²) < 4.78 is 0. The molecule has 0 aromatic rings. The molecule has 0 rings (SSSR count). The van der Waals surface area contributed by atoms with Crippen LogP contribution in [-0.4, -0.2) is 16.9 Å². The fourth-order valence-electron chi connectivity index (χ4n) is 1.99. The van der Waals surface area contributed by atoms with E-state index in [9.17, 15) is 9.59 Å². The normalized spacial score (nSPS) is 11.5. The van der Waals surface area contributed by atoms with Gasteiger partial charge in [0.1, 0.15) is 0 Å². The molecule has 0 atom stereocenters. The lowest BCUT2D eigenvalue weighted by molar-refractivity contribution is -0.137. The molecule has 0 saturated heterocycles. The van der Waals surface area contributed by atoms with Crippen molar-refractivity contribution >= 4 is 11.8 Å². The van der Waals surface area contributed by atoms with Crippen molar-refractivity contribution in [2.45, 2.75) is 77.6 Å². The minimum absolute atomic E-state index is 0.195. The van der Waals surface area contributed by atoms with Gasteiger partial charge in [-0.15, -0.1) is 0 Å². The van der Waals surface area contributed by atoms with E-state index in [4.69, 9.17) is 5.11 Å². The molecule has 0 radical (unpaired) electrons. The van der Waals surface area contributed by atoms with E-state index in [1.165, 1.54) is 25.7 Å². The molecule has 0 aliphatic heterocycles. The molecule has 0 aromatic carbocycles. The van der Waals surface area contributed by atoms with Crippen molar-refractivity contribution in [2.24, 2.45) is 0 Å². The molecule has 120 valence electrons. The summed E-state index contributed by atoms with van der Waals surface area (Å²) in [5, 5.41) is 8.48. The molecule has 0 heterocycles. The number of carbonyl (C=O) groups is 2. The first-order valence-corrected chi connectivity index (χ1v) is 8.23. The number of hydrogen-bond acceptors (Lipinski definition) is 2. The number of aliphatic carboxylic acids is 1.